The van der Waals surface area contributed by atoms with E-state index in [2.05, 4.69) is 13.0 Å². The molecule has 1 atom stereocenters. The quantitative estimate of drug-likeness (QED) is 0.825. The van der Waals surface area contributed by atoms with Crippen LogP contribution in [0.4, 0.5) is 5.69 Å². The van der Waals surface area contributed by atoms with Gasteiger partial charge < -0.3 is 10.6 Å². The number of carbonyl (C=O) groups excluding carboxylic acids is 1. The molecule has 16 heavy (non-hydrogen) atoms. The smallest absolute Gasteiger partial charge is 0.227 e. The van der Waals surface area contributed by atoms with Crippen molar-refractivity contribution in [3.05, 3.63) is 29.3 Å². The van der Waals surface area contributed by atoms with E-state index in [-0.39, 0.29) is 11.9 Å². The molecular weight excluding hydrogens is 200 g/mol. The molecule has 1 amide bonds. The number of carbonyl (C=O) groups is 1. The van der Waals surface area contributed by atoms with Crippen LogP contribution in [-0.4, -0.2) is 13.0 Å². The molecule has 0 unspecified atom stereocenters. The number of benzene rings is 1. The molecule has 0 saturated carbocycles. The number of hydrogen-bond donors (Lipinski definition) is 1. The molecule has 86 valence electrons. The van der Waals surface area contributed by atoms with Crippen molar-refractivity contribution in [2.75, 3.05) is 11.9 Å². The highest BCUT2D eigenvalue weighted by Crippen LogP contribution is 2.29. The van der Waals surface area contributed by atoms with E-state index in [0.717, 1.165) is 18.5 Å². The van der Waals surface area contributed by atoms with Crippen molar-refractivity contribution in [1.29, 1.82) is 0 Å². The summed E-state index contributed by atoms with van der Waals surface area (Å²) in [5.41, 5.74) is 9.45. The molecule has 1 heterocycles. The maximum Gasteiger partial charge on any atom is 0.227 e. The predicted octanol–water partition coefficient (Wildman–Crippen LogP) is 2.01. The average Bonchev–Trinajstić information content (AvgIpc) is 2.32. The van der Waals surface area contributed by atoms with Crippen molar-refractivity contribution < 1.29 is 4.79 Å². The van der Waals surface area contributed by atoms with Crippen molar-refractivity contribution >= 4 is 11.6 Å². The van der Waals surface area contributed by atoms with Gasteiger partial charge in [-0.1, -0.05) is 19.1 Å². The Morgan fingerprint density at radius 3 is 2.88 bits per heavy atom. The van der Waals surface area contributed by atoms with E-state index in [9.17, 15) is 4.79 Å². The molecule has 0 saturated heterocycles. The zero-order chi connectivity index (χ0) is 11.7. The van der Waals surface area contributed by atoms with E-state index >= 15 is 0 Å². The molecule has 3 heteroatoms. The van der Waals surface area contributed by atoms with E-state index in [4.69, 9.17) is 5.73 Å². The second-order valence-corrected chi connectivity index (χ2v) is 4.36. The fraction of sp³-hybridized carbons (Fsp3) is 0.462. The van der Waals surface area contributed by atoms with Crippen molar-refractivity contribution in [2.45, 2.75) is 32.2 Å². The Bertz CT molecular complexity index is 414. The van der Waals surface area contributed by atoms with E-state index in [0.29, 0.717) is 6.42 Å². The van der Waals surface area contributed by atoms with Crippen LogP contribution in [0.1, 0.15) is 36.9 Å². The summed E-state index contributed by atoms with van der Waals surface area (Å²) in [6.07, 6.45) is 2.38. The third-order valence-electron chi connectivity index (χ3n) is 3.32. The molecule has 2 rings (SSSR count). The summed E-state index contributed by atoms with van der Waals surface area (Å²) in [5, 5.41) is 0. The van der Waals surface area contributed by atoms with Gasteiger partial charge in [0.2, 0.25) is 5.91 Å². The van der Waals surface area contributed by atoms with Gasteiger partial charge in [0, 0.05) is 25.2 Å². The van der Waals surface area contributed by atoms with Gasteiger partial charge in [-0.25, -0.2) is 0 Å². The molecule has 0 aromatic heterocycles. The van der Waals surface area contributed by atoms with E-state index in [1.807, 2.05) is 19.2 Å². The van der Waals surface area contributed by atoms with E-state index in [1.165, 1.54) is 11.1 Å². The molecule has 0 radical (unpaired) electrons. The number of aryl methyl sites for hydroxylation is 1. The second kappa shape index (κ2) is 4.26. The lowest BCUT2D eigenvalue weighted by Gasteiger charge is -2.26. The Balaban J connectivity index is 2.37. The van der Waals surface area contributed by atoms with Gasteiger partial charge in [-0.05, 0) is 30.0 Å². The maximum absolute atomic E-state index is 11.5. The third kappa shape index (κ3) is 1.83. The number of hydrogen-bond acceptors (Lipinski definition) is 2. The van der Waals surface area contributed by atoms with Crippen molar-refractivity contribution in [1.82, 2.24) is 0 Å². The lowest BCUT2D eigenvalue weighted by Crippen LogP contribution is -2.31. The first-order valence-corrected chi connectivity index (χ1v) is 5.78. The zero-order valence-corrected chi connectivity index (χ0v) is 9.86. The molecule has 1 aliphatic rings. The number of rotatable bonds is 2. The van der Waals surface area contributed by atoms with Crippen LogP contribution in [0.25, 0.3) is 0 Å². The number of fused-ring (bicyclic) bond motifs is 1. The standard InChI is InChI=1S/C13H18N2O/c1-3-11(14)9-4-6-12-10(8-9)5-7-13(16)15(12)2/h4,6,8,11H,3,5,7,14H2,1-2H3/t11-/m1/s1. The highest BCUT2D eigenvalue weighted by atomic mass is 16.2. The van der Waals surface area contributed by atoms with Gasteiger partial charge in [-0.2, -0.15) is 0 Å². The highest BCUT2D eigenvalue weighted by Gasteiger charge is 2.21. The van der Waals surface area contributed by atoms with Gasteiger partial charge in [0.15, 0.2) is 0 Å². The summed E-state index contributed by atoms with van der Waals surface area (Å²) in [4.78, 5) is 13.3. The minimum Gasteiger partial charge on any atom is -0.324 e. The van der Waals surface area contributed by atoms with Gasteiger partial charge in [0.25, 0.3) is 0 Å². The van der Waals surface area contributed by atoms with Gasteiger partial charge >= 0.3 is 0 Å². The summed E-state index contributed by atoms with van der Waals surface area (Å²) in [6, 6.07) is 6.29. The normalized spacial score (nSPS) is 17.2. The molecule has 1 aliphatic heterocycles. The molecule has 1 aromatic carbocycles. The number of anilines is 1. The van der Waals surface area contributed by atoms with Crippen LogP contribution in [-0.2, 0) is 11.2 Å². The second-order valence-electron chi connectivity index (χ2n) is 4.36. The van der Waals surface area contributed by atoms with Gasteiger partial charge in [-0.15, -0.1) is 0 Å². The first-order valence-electron chi connectivity index (χ1n) is 5.78. The summed E-state index contributed by atoms with van der Waals surface area (Å²) in [5.74, 6) is 0.194. The minimum atomic E-state index is 0.105. The summed E-state index contributed by atoms with van der Waals surface area (Å²) in [7, 11) is 1.83. The van der Waals surface area contributed by atoms with Gasteiger partial charge in [0.05, 0.1) is 0 Å². The fourth-order valence-electron chi connectivity index (χ4n) is 2.14. The Morgan fingerprint density at radius 1 is 1.44 bits per heavy atom. The van der Waals surface area contributed by atoms with Crippen molar-refractivity contribution in [3.63, 3.8) is 0 Å². The Hall–Kier alpha value is -1.35. The first-order chi connectivity index (χ1) is 7.63. The third-order valence-corrected chi connectivity index (χ3v) is 3.32. The predicted molar refractivity (Wildman–Crippen MR) is 65.4 cm³/mol. The molecule has 0 fully saturated rings. The summed E-state index contributed by atoms with van der Waals surface area (Å²) >= 11 is 0. The largest absolute Gasteiger partial charge is 0.324 e. The lowest BCUT2D eigenvalue weighted by atomic mass is 9.96. The fourth-order valence-corrected chi connectivity index (χ4v) is 2.14. The molecule has 2 N–H and O–H groups in total. The minimum absolute atomic E-state index is 0.105. The Morgan fingerprint density at radius 2 is 2.19 bits per heavy atom. The topological polar surface area (TPSA) is 46.3 Å². The molecule has 0 bridgehead atoms. The first kappa shape index (κ1) is 11.1. The number of amides is 1. The monoisotopic (exact) mass is 218 g/mol. The highest BCUT2D eigenvalue weighted by molar-refractivity contribution is 5.95. The lowest BCUT2D eigenvalue weighted by molar-refractivity contribution is -0.118. The zero-order valence-electron chi connectivity index (χ0n) is 9.86. The van der Waals surface area contributed by atoms with Crippen LogP contribution in [0, 0.1) is 0 Å². The molecule has 3 nitrogen and oxygen atoms in total. The van der Waals surface area contributed by atoms with E-state index in [1.54, 1.807) is 4.90 Å². The van der Waals surface area contributed by atoms with Crippen molar-refractivity contribution in [2.24, 2.45) is 5.73 Å². The van der Waals surface area contributed by atoms with Crippen LogP contribution >= 0.6 is 0 Å². The van der Waals surface area contributed by atoms with Crippen LogP contribution in [0.5, 0.6) is 0 Å². The van der Waals surface area contributed by atoms with Crippen LogP contribution in [0.15, 0.2) is 18.2 Å². The Labute approximate surface area is 96.2 Å². The molecule has 0 aliphatic carbocycles. The van der Waals surface area contributed by atoms with E-state index < -0.39 is 0 Å². The van der Waals surface area contributed by atoms with Crippen molar-refractivity contribution in [3.8, 4) is 0 Å². The molecule has 1 aromatic rings. The Kier molecular flexibility index (Phi) is 2.97. The number of nitrogens with two attached hydrogens (primary N) is 1. The van der Waals surface area contributed by atoms with Gasteiger partial charge in [-0.3, -0.25) is 4.79 Å². The van der Waals surface area contributed by atoms with Crippen LogP contribution in [0.3, 0.4) is 0 Å². The number of nitrogens with zero attached hydrogens (tertiary/aromatic N) is 1. The average molecular weight is 218 g/mol. The summed E-state index contributed by atoms with van der Waals surface area (Å²) < 4.78 is 0. The molecular formula is C13H18N2O. The maximum atomic E-state index is 11.5. The summed E-state index contributed by atoms with van der Waals surface area (Å²) in [6.45, 7) is 2.08. The van der Waals surface area contributed by atoms with Crippen LogP contribution in [0.2, 0.25) is 0 Å². The molecule has 0 spiro atoms. The SMILES string of the molecule is CC[C@@H](N)c1ccc2c(c1)CCC(=O)N2C. The van der Waals surface area contributed by atoms with Crippen LogP contribution < -0.4 is 10.6 Å². The van der Waals surface area contributed by atoms with Gasteiger partial charge in [0.1, 0.15) is 0 Å².